The minimum absolute atomic E-state index is 0.359. The standard InChI is InChI=1S/C14H20O3/c1-9(14(15)16)5-6-17-13-8-11(3)10(2)7-12(13)4/h7-9H,5-6H2,1-4H3,(H,15,16). The van der Waals surface area contributed by atoms with Crippen LogP contribution in [0.5, 0.6) is 5.75 Å². The van der Waals surface area contributed by atoms with Gasteiger partial charge < -0.3 is 9.84 Å². The van der Waals surface area contributed by atoms with Crippen LogP contribution in [0.3, 0.4) is 0 Å². The summed E-state index contributed by atoms with van der Waals surface area (Å²) in [5, 5.41) is 8.76. The number of rotatable bonds is 5. The molecule has 0 heterocycles. The van der Waals surface area contributed by atoms with Crippen molar-refractivity contribution in [2.24, 2.45) is 5.92 Å². The molecule has 1 aromatic rings. The molecule has 0 spiro atoms. The van der Waals surface area contributed by atoms with E-state index >= 15 is 0 Å². The Hall–Kier alpha value is -1.51. The van der Waals surface area contributed by atoms with Crippen molar-refractivity contribution < 1.29 is 14.6 Å². The Morgan fingerprint density at radius 2 is 1.82 bits per heavy atom. The van der Waals surface area contributed by atoms with Crippen molar-refractivity contribution in [2.45, 2.75) is 34.1 Å². The van der Waals surface area contributed by atoms with Gasteiger partial charge in [-0.3, -0.25) is 4.79 Å². The largest absolute Gasteiger partial charge is 0.493 e. The molecule has 1 atom stereocenters. The lowest BCUT2D eigenvalue weighted by molar-refractivity contribution is -0.141. The van der Waals surface area contributed by atoms with E-state index in [0.717, 1.165) is 11.3 Å². The summed E-state index contributed by atoms with van der Waals surface area (Å²) >= 11 is 0. The second-order valence-electron chi connectivity index (χ2n) is 4.58. The van der Waals surface area contributed by atoms with Gasteiger partial charge in [0, 0.05) is 0 Å². The van der Waals surface area contributed by atoms with Gasteiger partial charge in [0.15, 0.2) is 0 Å². The molecule has 0 fully saturated rings. The number of carboxylic acids is 1. The third-order valence-corrected chi connectivity index (χ3v) is 3.02. The SMILES string of the molecule is Cc1cc(C)c(OCCC(C)C(=O)O)cc1C. The van der Waals surface area contributed by atoms with Crippen LogP contribution < -0.4 is 4.74 Å². The molecule has 17 heavy (non-hydrogen) atoms. The van der Waals surface area contributed by atoms with E-state index in [9.17, 15) is 4.79 Å². The van der Waals surface area contributed by atoms with Crippen molar-refractivity contribution in [3.63, 3.8) is 0 Å². The van der Waals surface area contributed by atoms with Crippen molar-refractivity contribution in [1.29, 1.82) is 0 Å². The summed E-state index contributed by atoms with van der Waals surface area (Å²) < 4.78 is 5.63. The number of hydrogen-bond acceptors (Lipinski definition) is 2. The molecule has 0 aliphatic rings. The molecule has 0 aliphatic heterocycles. The Morgan fingerprint density at radius 3 is 2.41 bits per heavy atom. The lowest BCUT2D eigenvalue weighted by Crippen LogP contribution is -2.13. The fourth-order valence-electron chi connectivity index (χ4n) is 1.56. The highest BCUT2D eigenvalue weighted by Gasteiger charge is 2.11. The number of ether oxygens (including phenoxy) is 1. The first kappa shape index (κ1) is 13.6. The molecule has 1 aromatic carbocycles. The van der Waals surface area contributed by atoms with Gasteiger partial charge in [0.2, 0.25) is 0 Å². The average molecular weight is 236 g/mol. The Bertz CT molecular complexity index is 410. The molecule has 0 bridgehead atoms. The molecule has 1 rings (SSSR count). The van der Waals surface area contributed by atoms with E-state index in [0.29, 0.717) is 13.0 Å². The van der Waals surface area contributed by atoms with Gasteiger partial charge in [0.25, 0.3) is 0 Å². The van der Waals surface area contributed by atoms with E-state index in [4.69, 9.17) is 9.84 Å². The maximum atomic E-state index is 10.7. The number of carboxylic acid groups (broad SMARTS) is 1. The Balaban J connectivity index is 2.58. The number of aryl methyl sites for hydroxylation is 3. The summed E-state index contributed by atoms with van der Waals surface area (Å²) in [6, 6.07) is 4.10. The molecular weight excluding hydrogens is 216 g/mol. The maximum absolute atomic E-state index is 10.7. The molecule has 94 valence electrons. The highest BCUT2D eigenvalue weighted by molar-refractivity contribution is 5.69. The fourth-order valence-corrected chi connectivity index (χ4v) is 1.56. The third-order valence-electron chi connectivity index (χ3n) is 3.02. The molecule has 1 unspecified atom stereocenters. The molecule has 0 saturated heterocycles. The van der Waals surface area contributed by atoms with Crippen molar-refractivity contribution in [3.8, 4) is 5.75 Å². The minimum Gasteiger partial charge on any atom is -0.493 e. The summed E-state index contributed by atoms with van der Waals surface area (Å²) in [6.07, 6.45) is 0.529. The van der Waals surface area contributed by atoms with Crippen LogP contribution in [0.25, 0.3) is 0 Å². The molecule has 0 radical (unpaired) electrons. The number of carbonyl (C=O) groups is 1. The van der Waals surface area contributed by atoms with Gasteiger partial charge in [-0.05, 0) is 49.9 Å². The Kier molecular flexibility index (Phi) is 4.55. The van der Waals surface area contributed by atoms with Crippen molar-refractivity contribution in [2.75, 3.05) is 6.61 Å². The summed E-state index contributed by atoms with van der Waals surface area (Å²) in [4.78, 5) is 10.7. The predicted molar refractivity (Wildman–Crippen MR) is 67.6 cm³/mol. The summed E-state index contributed by atoms with van der Waals surface area (Å²) in [5.74, 6) is -0.280. The van der Waals surface area contributed by atoms with Crippen LogP contribution in [-0.2, 0) is 4.79 Å². The summed E-state index contributed by atoms with van der Waals surface area (Å²) in [6.45, 7) is 8.25. The van der Waals surface area contributed by atoms with E-state index in [-0.39, 0.29) is 5.92 Å². The molecule has 3 heteroatoms. The number of hydrogen-bond donors (Lipinski definition) is 1. The molecule has 1 N–H and O–H groups in total. The lowest BCUT2D eigenvalue weighted by atomic mass is 10.1. The highest BCUT2D eigenvalue weighted by atomic mass is 16.5. The van der Waals surface area contributed by atoms with Gasteiger partial charge in [-0.25, -0.2) is 0 Å². The third kappa shape index (κ3) is 3.77. The van der Waals surface area contributed by atoms with Crippen LogP contribution in [0, 0.1) is 26.7 Å². The van der Waals surface area contributed by atoms with Crippen LogP contribution in [0.1, 0.15) is 30.0 Å². The van der Waals surface area contributed by atoms with E-state index in [1.165, 1.54) is 11.1 Å². The van der Waals surface area contributed by atoms with Crippen LogP contribution in [0.15, 0.2) is 12.1 Å². The van der Waals surface area contributed by atoms with Gasteiger partial charge in [0.1, 0.15) is 5.75 Å². The zero-order valence-corrected chi connectivity index (χ0v) is 10.9. The maximum Gasteiger partial charge on any atom is 0.306 e. The first-order valence-corrected chi connectivity index (χ1v) is 5.85. The second kappa shape index (κ2) is 5.71. The molecule has 3 nitrogen and oxygen atoms in total. The number of aliphatic carboxylic acids is 1. The van der Waals surface area contributed by atoms with Gasteiger partial charge in [-0.15, -0.1) is 0 Å². The quantitative estimate of drug-likeness (QED) is 0.854. The molecule has 0 saturated carbocycles. The van der Waals surface area contributed by atoms with Crippen molar-refractivity contribution >= 4 is 5.97 Å². The molecule has 0 aromatic heterocycles. The van der Waals surface area contributed by atoms with E-state index < -0.39 is 5.97 Å². The normalized spacial score (nSPS) is 12.2. The Morgan fingerprint density at radius 1 is 1.24 bits per heavy atom. The first-order valence-electron chi connectivity index (χ1n) is 5.85. The summed E-state index contributed by atoms with van der Waals surface area (Å²) in [5.41, 5.74) is 3.53. The van der Waals surface area contributed by atoms with Crippen LogP contribution in [-0.4, -0.2) is 17.7 Å². The zero-order valence-electron chi connectivity index (χ0n) is 10.9. The highest BCUT2D eigenvalue weighted by Crippen LogP contribution is 2.22. The van der Waals surface area contributed by atoms with Crippen molar-refractivity contribution in [1.82, 2.24) is 0 Å². The minimum atomic E-state index is -0.773. The smallest absolute Gasteiger partial charge is 0.306 e. The van der Waals surface area contributed by atoms with Crippen molar-refractivity contribution in [3.05, 3.63) is 28.8 Å². The molecule has 0 aliphatic carbocycles. The Labute approximate surface area is 102 Å². The average Bonchev–Trinajstić information content (AvgIpc) is 2.25. The summed E-state index contributed by atoms with van der Waals surface area (Å²) in [7, 11) is 0. The van der Waals surface area contributed by atoms with Gasteiger partial charge in [-0.2, -0.15) is 0 Å². The van der Waals surface area contributed by atoms with E-state index in [1.807, 2.05) is 19.9 Å². The van der Waals surface area contributed by atoms with Crippen LogP contribution >= 0.6 is 0 Å². The first-order chi connectivity index (χ1) is 7.91. The fraction of sp³-hybridized carbons (Fsp3) is 0.500. The molecule has 0 amide bonds. The number of benzene rings is 1. The van der Waals surface area contributed by atoms with Crippen LogP contribution in [0.4, 0.5) is 0 Å². The van der Waals surface area contributed by atoms with Gasteiger partial charge in [0.05, 0.1) is 12.5 Å². The monoisotopic (exact) mass is 236 g/mol. The van der Waals surface area contributed by atoms with Crippen LogP contribution in [0.2, 0.25) is 0 Å². The zero-order chi connectivity index (χ0) is 13.0. The van der Waals surface area contributed by atoms with E-state index in [2.05, 4.69) is 13.0 Å². The van der Waals surface area contributed by atoms with Gasteiger partial charge in [-0.1, -0.05) is 13.0 Å². The second-order valence-corrected chi connectivity index (χ2v) is 4.58. The lowest BCUT2D eigenvalue weighted by Gasteiger charge is -2.12. The predicted octanol–water partition coefficient (Wildman–Crippen LogP) is 3.10. The van der Waals surface area contributed by atoms with Gasteiger partial charge >= 0.3 is 5.97 Å². The topological polar surface area (TPSA) is 46.5 Å². The van der Waals surface area contributed by atoms with E-state index in [1.54, 1.807) is 6.92 Å². The molecular formula is C14H20O3.